The van der Waals surface area contributed by atoms with Crippen molar-refractivity contribution in [3.05, 3.63) is 0 Å². The van der Waals surface area contributed by atoms with E-state index < -0.39 is 12.6 Å². The summed E-state index contributed by atoms with van der Waals surface area (Å²) >= 11 is 0. The fraction of sp³-hybridized carbons (Fsp3) is 1.00. The van der Waals surface area contributed by atoms with Gasteiger partial charge in [0.05, 0.1) is 12.5 Å². The number of hydrogen-bond donors (Lipinski definition) is 1. The van der Waals surface area contributed by atoms with Crippen molar-refractivity contribution in [2.45, 2.75) is 44.0 Å². The van der Waals surface area contributed by atoms with Gasteiger partial charge in [0.1, 0.15) is 0 Å². The van der Waals surface area contributed by atoms with Crippen molar-refractivity contribution in [1.82, 2.24) is 5.32 Å². The molecule has 1 saturated carbocycles. The minimum atomic E-state index is -4.05. The lowest BCUT2D eigenvalue weighted by Crippen LogP contribution is -2.30. The summed E-state index contributed by atoms with van der Waals surface area (Å²) in [5, 5.41) is 2.90. The molecule has 2 nitrogen and oxygen atoms in total. The summed E-state index contributed by atoms with van der Waals surface area (Å²) in [5.41, 5.74) is 0. The average Bonchev–Trinajstić information content (AvgIpc) is 2.50. The highest BCUT2D eigenvalue weighted by atomic mass is 19.4. The van der Waals surface area contributed by atoms with E-state index in [4.69, 9.17) is 4.74 Å². The number of alkyl halides is 3. The minimum Gasteiger partial charge on any atom is -0.381 e. The topological polar surface area (TPSA) is 21.3 Å². The van der Waals surface area contributed by atoms with Crippen molar-refractivity contribution in [2.75, 3.05) is 13.7 Å². The molecule has 0 saturated heterocycles. The predicted octanol–water partition coefficient (Wildman–Crippen LogP) is 2.10. The fourth-order valence-electron chi connectivity index (χ4n) is 1.76. The molecule has 0 aromatic rings. The van der Waals surface area contributed by atoms with Gasteiger partial charge in [0.15, 0.2) is 0 Å². The number of nitrogens with one attached hydrogen (secondary N) is 1. The first-order valence-electron chi connectivity index (χ1n) is 4.84. The van der Waals surface area contributed by atoms with E-state index >= 15 is 0 Å². The van der Waals surface area contributed by atoms with Crippen LogP contribution in [-0.4, -0.2) is 32.0 Å². The molecule has 0 radical (unpaired) electrons. The van der Waals surface area contributed by atoms with Crippen molar-refractivity contribution in [1.29, 1.82) is 0 Å². The van der Waals surface area contributed by atoms with Crippen LogP contribution in [0.4, 0.5) is 13.2 Å². The van der Waals surface area contributed by atoms with Gasteiger partial charge in [-0.15, -0.1) is 0 Å². The van der Waals surface area contributed by atoms with Crippen molar-refractivity contribution >= 4 is 0 Å². The number of halogens is 3. The van der Waals surface area contributed by atoms with E-state index in [9.17, 15) is 13.2 Å². The Morgan fingerprint density at radius 2 is 2.07 bits per heavy atom. The first-order chi connectivity index (χ1) is 6.51. The van der Waals surface area contributed by atoms with Crippen LogP contribution < -0.4 is 5.32 Å². The molecule has 0 aromatic carbocycles. The molecule has 1 aliphatic carbocycles. The van der Waals surface area contributed by atoms with Gasteiger partial charge >= 0.3 is 6.18 Å². The maximum atomic E-state index is 11.8. The first kappa shape index (κ1) is 11.8. The maximum absolute atomic E-state index is 11.8. The average molecular weight is 211 g/mol. The third-order valence-corrected chi connectivity index (χ3v) is 2.56. The van der Waals surface area contributed by atoms with Crippen LogP contribution in [0, 0.1) is 0 Å². The zero-order valence-corrected chi connectivity index (χ0v) is 8.23. The molecular formula is C9H16F3NO. The normalized spacial score (nSPS) is 28.3. The standard InChI is InChI=1S/C9H16F3NO/c1-14-8-3-2-7(6-8)13-5-4-9(10,11)12/h7-8,13H,2-6H2,1H3. The highest BCUT2D eigenvalue weighted by Crippen LogP contribution is 2.22. The van der Waals surface area contributed by atoms with Crippen molar-refractivity contribution in [2.24, 2.45) is 0 Å². The first-order valence-corrected chi connectivity index (χ1v) is 4.84. The van der Waals surface area contributed by atoms with Crippen LogP contribution in [0.1, 0.15) is 25.7 Å². The summed E-state index contributed by atoms with van der Waals surface area (Å²) in [5.74, 6) is 0. The van der Waals surface area contributed by atoms with Crippen molar-refractivity contribution < 1.29 is 17.9 Å². The maximum Gasteiger partial charge on any atom is 0.390 e. The van der Waals surface area contributed by atoms with Gasteiger partial charge in [-0.3, -0.25) is 0 Å². The molecule has 84 valence electrons. The van der Waals surface area contributed by atoms with Crippen molar-refractivity contribution in [3.8, 4) is 0 Å². The Morgan fingerprint density at radius 3 is 2.57 bits per heavy atom. The second kappa shape index (κ2) is 4.98. The highest BCUT2D eigenvalue weighted by Gasteiger charge is 2.28. The molecule has 14 heavy (non-hydrogen) atoms. The van der Waals surface area contributed by atoms with E-state index in [1.54, 1.807) is 7.11 Å². The molecule has 0 heterocycles. The quantitative estimate of drug-likeness (QED) is 0.768. The molecule has 2 atom stereocenters. The number of methoxy groups -OCH3 is 1. The van der Waals surface area contributed by atoms with Gasteiger partial charge in [0, 0.05) is 19.7 Å². The van der Waals surface area contributed by atoms with Gasteiger partial charge in [-0.25, -0.2) is 0 Å². The van der Waals surface area contributed by atoms with Gasteiger partial charge in [0.2, 0.25) is 0 Å². The van der Waals surface area contributed by atoms with E-state index in [1.807, 2.05) is 0 Å². The third-order valence-electron chi connectivity index (χ3n) is 2.56. The Kier molecular flexibility index (Phi) is 4.19. The largest absolute Gasteiger partial charge is 0.390 e. The van der Waals surface area contributed by atoms with Crippen molar-refractivity contribution in [3.63, 3.8) is 0 Å². The molecule has 1 rings (SSSR count). The Balaban J connectivity index is 2.09. The van der Waals surface area contributed by atoms with Crippen LogP contribution >= 0.6 is 0 Å². The number of rotatable bonds is 4. The SMILES string of the molecule is COC1CCC(NCCC(F)(F)F)C1. The lowest BCUT2D eigenvalue weighted by Gasteiger charge is -2.13. The fourth-order valence-corrected chi connectivity index (χ4v) is 1.76. The Bertz CT molecular complexity index is 172. The van der Waals surface area contributed by atoms with Gasteiger partial charge < -0.3 is 10.1 Å². The van der Waals surface area contributed by atoms with Crippen LogP contribution in [-0.2, 0) is 4.74 Å². The molecular weight excluding hydrogens is 195 g/mol. The monoisotopic (exact) mass is 211 g/mol. The van der Waals surface area contributed by atoms with Crippen LogP contribution in [0.3, 0.4) is 0 Å². The molecule has 1 N–H and O–H groups in total. The summed E-state index contributed by atoms with van der Waals surface area (Å²) in [6.45, 7) is 0.0185. The van der Waals surface area contributed by atoms with E-state index in [0.717, 1.165) is 19.3 Å². The molecule has 0 aliphatic heterocycles. The van der Waals surface area contributed by atoms with Gasteiger partial charge in [-0.1, -0.05) is 0 Å². The van der Waals surface area contributed by atoms with E-state index in [1.165, 1.54) is 0 Å². The summed E-state index contributed by atoms with van der Waals surface area (Å²) < 4.78 is 40.5. The smallest absolute Gasteiger partial charge is 0.381 e. The Morgan fingerprint density at radius 1 is 1.36 bits per heavy atom. The van der Waals surface area contributed by atoms with Crippen LogP contribution in [0.2, 0.25) is 0 Å². The lowest BCUT2D eigenvalue weighted by atomic mass is 10.2. The van der Waals surface area contributed by atoms with Crippen LogP contribution in [0.25, 0.3) is 0 Å². The third kappa shape index (κ3) is 4.28. The lowest BCUT2D eigenvalue weighted by molar-refractivity contribution is -0.133. The van der Waals surface area contributed by atoms with Gasteiger partial charge in [0.25, 0.3) is 0 Å². The summed E-state index contributed by atoms with van der Waals surface area (Å²) in [6, 6.07) is 0.197. The molecule has 0 amide bonds. The molecule has 1 fully saturated rings. The zero-order valence-electron chi connectivity index (χ0n) is 8.23. The van der Waals surface area contributed by atoms with Gasteiger partial charge in [-0.2, -0.15) is 13.2 Å². The second-order valence-electron chi connectivity index (χ2n) is 3.69. The summed E-state index contributed by atoms with van der Waals surface area (Å²) in [4.78, 5) is 0. The predicted molar refractivity (Wildman–Crippen MR) is 47.1 cm³/mol. The van der Waals surface area contributed by atoms with Crippen LogP contribution in [0.5, 0.6) is 0 Å². The molecule has 1 aliphatic rings. The Hall–Kier alpha value is -0.290. The summed E-state index contributed by atoms with van der Waals surface area (Å²) in [6.07, 6.45) is -1.89. The van der Waals surface area contributed by atoms with Crippen LogP contribution in [0.15, 0.2) is 0 Å². The molecule has 0 bridgehead atoms. The number of hydrogen-bond acceptors (Lipinski definition) is 2. The van der Waals surface area contributed by atoms with E-state index in [0.29, 0.717) is 0 Å². The minimum absolute atomic E-state index is 0.0185. The highest BCUT2D eigenvalue weighted by molar-refractivity contribution is 4.81. The zero-order chi connectivity index (χ0) is 10.6. The molecule has 2 unspecified atom stereocenters. The van der Waals surface area contributed by atoms with E-state index in [2.05, 4.69) is 5.32 Å². The Labute approximate surface area is 81.8 Å². The molecule has 0 spiro atoms. The van der Waals surface area contributed by atoms with E-state index in [-0.39, 0.29) is 18.7 Å². The molecule has 0 aromatic heterocycles. The molecule has 5 heteroatoms. The van der Waals surface area contributed by atoms with Gasteiger partial charge in [-0.05, 0) is 19.3 Å². The summed E-state index contributed by atoms with van der Waals surface area (Å²) in [7, 11) is 1.64. The second-order valence-corrected chi connectivity index (χ2v) is 3.69. The number of ether oxygens (including phenoxy) is 1.